The van der Waals surface area contributed by atoms with Crippen LogP contribution in [-0.4, -0.2) is 14.3 Å². The molecule has 0 radical (unpaired) electrons. The summed E-state index contributed by atoms with van der Waals surface area (Å²) in [5, 5.41) is 11.9. The van der Waals surface area contributed by atoms with Gasteiger partial charge in [0.2, 0.25) is 15.9 Å². The summed E-state index contributed by atoms with van der Waals surface area (Å²) in [6.45, 7) is 0.0962. The van der Waals surface area contributed by atoms with Gasteiger partial charge in [-0.25, -0.2) is 13.1 Å². The van der Waals surface area contributed by atoms with Gasteiger partial charge in [-0.3, -0.25) is 4.79 Å². The Labute approximate surface area is 146 Å². The van der Waals surface area contributed by atoms with Gasteiger partial charge in [-0.2, -0.15) is 5.26 Å². The molecular weight excluding hydrogens is 338 g/mol. The highest BCUT2D eigenvalue weighted by Gasteiger charge is 2.29. The fraction of sp³-hybridized carbons (Fsp3) is 0.222. The molecule has 3 rings (SSSR count). The number of carbonyl (C=O) groups excluding carboxylic acids is 1. The summed E-state index contributed by atoms with van der Waals surface area (Å²) in [4.78, 5) is 11.7. The van der Waals surface area contributed by atoms with Gasteiger partial charge in [-0.05, 0) is 42.7 Å². The summed E-state index contributed by atoms with van der Waals surface area (Å²) in [5.74, 6) is 0.160. The first-order chi connectivity index (χ1) is 12.0. The molecule has 25 heavy (non-hydrogen) atoms. The zero-order valence-electron chi connectivity index (χ0n) is 13.4. The van der Waals surface area contributed by atoms with Crippen LogP contribution >= 0.6 is 0 Å². The molecule has 2 aromatic rings. The number of hydrogen-bond donors (Lipinski definition) is 2. The normalized spacial score (nSPS) is 13.9. The minimum absolute atomic E-state index is 0.0292. The molecule has 0 aliphatic heterocycles. The molecule has 0 spiro atoms. The average Bonchev–Trinajstić information content (AvgIpc) is 3.46. The predicted octanol–water partition coefficient (Wildman–Crippen LogP) is 2.39. The number of sulfonamides is 1. The van der Waals surface area contributed by atoms with E-state index in [1.54, 1.807) is 36.4 Å². The highest BCUT2D eigenvalue weighted by Crippen LogP contribution is 2.30. The maximum Gasteiger partial charge on any atom is 0.242 e. The number of anilines is 1. The van der Waals surface area contributed by atoms with Crippen molar-refractivity contribution in [3.05, 3.63) is 59.7 Å². The molecule has 0 atom stereocenters. The lowest BCUT2D eigenvalue weighted by Crippen LogP contribution is -2.24. The van der Waals surface area contributed by atoms with E-state index in [2.05, 4.69) is 10.0 Å². The molecule has 2 aromatic carbocycles. The monoisotopic (exact) mass is 355 g/mol. The topological polar surface area (TPSA) is 99.1 Å². The van der Waals surface area contributed by atoms with Gasteiger partial charge in [-0.1, -0.05) is 24.3 Å². The summed E-state index contributed by atoms with van der Waals surface area (Å²) in [5.41, 5.74) is 1.55. The summed E-state index contributed by atoms with van der Waals surface area (Å²) in [6.07, 6.45) is 1.88. The van der Waals surface area contributed by atoms with Crippen LogP contribution in [-0.2, 0) is 21.4 Å². The number of nitrogens with one attached hydrogen (secondary N) is 2. The SMILES string of the molecule is N#Cc1ccccc1S(=O)(=O)NCc1ccc(NC(=O)C2CC2)cc1. The van der Waals surface area contributed by atoms with Crippen LogP contribution in [0.1, 0.15) is 24.0 Å². The molecule has 6 nitrogen and oxygen atoms in total. The first-order valence-electron chi connectivity index (χ1n) is 7.88. The second kappa shape index (κ2) is 7.05. The number of carbonyl (C=O) groups is 1. The van der Waals surface area contributed by atoms with Crippen LogP contribution in [0.2, 0.25) is 0 Å². The summed E-state index contributed by atoms with van der Waals surface area (Å²) < 4.78 is 27.2. The first kappa shape index (κ1) is 17.1. The van der Waals surface area contributed by atoms with Crippen molar-refractivity contribution in [3.8, 4) is 6.07 Å². The van der Waals surface area contributed by atoms with E-state index in [-0.39, 0.29) is 28.8 Å². The van der Waals surface area contributed by atoms with E-state index in [9.17, 15) is 13.2 Å². The minimum atomic E-state index is -3.78. The lowest BCUT2D eigenvalue weighted by atomic mass is 10.2. The van der Waals surface area contributed by atoms with E-state index in [4.69, 9.17) is 5.26 Å². The van der Waals surface area contributed by atoms with Crippen molar-refractivity contribution in [3.63, 3.8) is 0 Å². The largest absolute Gasteiger partial charge is 0.326 e. The number of nitriles is 1. The summed E-state index contributed by atoms with van der Waals surface area (Å²) >= 11 is 0. The van der Waals surface area contributed by atoms with Crippen LogP contribution in [0.25, 0.3) is 0 Å². The minimum Gasteiger partial charge on any atom is -0.326 e. The van der Waals surface area contributed by atoms with E-state index < -0.39 is 10.0 Å². The van der Waals surface area contributed by atoms with Gasteiger partial charge < -0.3 is 5.32 Å². The fourth-order valence-electron chi connectivity index (χ4n) is 2.35. The average molecular weight is 355 g/mol. The van der Waals surface area contributed by atoms with E-state index >= 15 is 0 Å². The van der Waals surface area contributed by atoms with Crippen molar-refractivity contribution in [1.82, 2.24) is 4.72 Å². The maximum atomic E-state index is 12.4. The number of hydrogen-bond acceptors (Lipinski definition) is 4. The molecule has 0 unspecified atom stereocenters. The van der Waals surface area contributed by atoms with Crippen LogP contribution in [0.4, 0.5) is 5.69 Å². The van der Waals surface area contributed by atoms with Gasteiger partial charge in [0.15, 0.2) is 0 Å². The van der Waals surface area contributed by atoms with Crippen LogP contribution in [0.15, 0.2) is 53.4 Å². The van der Waals surface area contributed by atoms with E-state index in [1.165, 1.54) is 12.1 Å². The smallest absolute Gasteiger partial charge is 0.242 e. The third-order valence-electron chi connectivity index (χ3n) is 3.93. The lowest BCUT2D eigenvalue weighted by Gasteiger charge is -2.09. The van der Waals surface area contributed by atoms with Crippen molar-refractivity contribution in [2.24, 2.45) is 5.92 Å². The highest BCUT2D eigenvalue weighted by molar-refractivity contribution is 7.89. The summed E-state index contributed by atoms with van der Waals surface area (Å²) in [7, 11) is -3.78. The molecule has 0 heterocycles. The number of nitrogens with zero attached hydrogens (tertiary/aromatic N) is 1. The molecule has 1 saturated carbocycles. The van der Waals surface area contributed by atoms with Crippen molar-refractivity contribution >= 4 is 21.6 Å². The molecule has 1 aliphatic rings. The van der Waals surface area contributed by atoms with Crippen molar-refractivity contribution in [2.75, 3.05) is 5.32 Å². The Balaban J connectivity index is 1.64. The molecule has 7 heteroatoms. The Kier molecular flexibility index (Phi) is 4.83. The quantitative estimate of drug-likeness (QED) is 0.831. The lowest BCUT2D eigenvalue weighted by molar-refractivity contribution is -0.117. The first-order valence-corrected chi connectivity index (χ1v) is 9.36. The van der Waals surface area contributed by atoms with Gasteiger partial charge in [0.1, 0.15) is 6.07 Å². The van der Waals surface area contributed by atoms with Crippen LogP contribution in [0.3, 0.4) is 0 Å². The number of amides is 1. The molecule has 0 aromatic heterocycles. The van der Waals surface area contributed by atoms with Gasteiger partial charge in [-0.15, -0.1) is 0 Å². The molecule has 1 aliphatic carbocycles. The van der Waals surface area contributed by atoms with Crippen LogP contribution in [0.5, 0.6) is 0 Å². The van der Waals surface area contributed by atoms with Crippen LogP contribution in [0, 0.1) is 17.2 Å². The predicted molar refractivity (Wildman–Crippen MR) is 93.0 cm³/mol. The molecule has 0 saturated heterocycles. The van der Waals surface area contributed by atoms with Crippen molar-refractivity contribution < 1.29 is 13.2 Å². The van der Waals surface area contributed by atoms with Crippen molar-refractivity contribution in [1.29, 1.82) is 5.26 Å². The molecule has 1 amide bonds. The van der Waals surface area contributed by atoms with Gasteiger partial charge in [0, 0.05) is 18.2 Å². The Bertz CT molecular complexity index is 927. The molecule has 1 fully saturated rings. The molecule has 2 N–H and O–H groups in total. The van der Waals surface area contributed by atoms with Gasteiger partial charge in [0.25, 0.3) is 0 Å². The second-order valence-corrected chi connectivity index (χ2v) is 7.63. The maximum absolute atomic E-state index is 12.4. The number of benzene rings is 2. The standard InChI is InChI=1S/C18H17N3O3S/c19-11-15-3-1-2-4-17(15)25(23,24)20-12-13-5-9-16(10-6-13)21-18(22)14-7-8-14/h1-6,9-10,14,20H,7-8,12H2,(H,21,22). The number of rotatable bonds is 6. The third kappa shape index (κ3) is 4.24. The van der Waals surface area contributed by atoms with E-state index in [0.717, 1.165) is 18.4 Å². The fourth-order valence-corrected chi connectivity index (χ4v) is 3.52. The summed E-state index contributed by atoms with van der Waals surface area (Å²) in [6, 6.07) is 14.9. The Morgan fingerprint density at radius 2 is 1.80 bits per heavy atom. The van der Waals surface area contributed by atoms with Gasteiger partial charge in [0.05, 0.1) is 10.5 Å². The van der Waals surface area contributed by atoms with Crippen LogP contribution < -0.4 is 10.0 Å². The van der Waals surface area contributed by atoms with E-state index in [0.29, 0.717) is 5.69 Å². The van der Waals surface area contributed by atoms with Gasteiger partial charge >= 0.3 is 0 Å². The third-order valence-corrected chi connectivity index (χ3v) is 5.39. The molecular formula is C18H17N3O3S. The highest BCUT2D eigenvalue weighted by atomic mass is 32.2. The Hall–Kier alpha value is -2.69. The second-order valence-electron chi connectivity index (χ2n) is 5.89. The Morgan fingerprint density at radius 3 is 2.44 bits per heavy atom. The Morgan fingerprint density at radius 1 is 1.12 bits per heavy atom. The van der Waals surface area contributed by atoms with Crippen molar-refractivity contribution in [2.45, 2.75) is 24.3 Å². The zero-order chi connectivity index (χ0) is 17.9. The molecule has 128 valence electrons. The zero-order valence-corrected chi connectivity index (χ0v) is 14.2. The molecule has 0 bridgehead atoms. The van der Waals surface area contributed by atoms with E-state index in [1.807, 2.05) is 6.07 Å².